The van der Waals surface area contributed by atoms with Crippen molar-refractivity contribution in [2.75, 3.05) is 20.7 Å². The van der Waals surface area contributed by atoms with Gasteiger partial charge in [0.15, 0.2) is 6.10 Å². The molecule has 6 nitrogen and oxygen atoms in total. The smallest absolute Gasteiger partial charge is 0.305 e. The third-order valence-electron chi connectivity index (χ3n) is 3.10. The molecule has 0 radical (unpaired) electrons. The predicted octanol–water partition coefficient (Wildman–Crippen LogP) is 1.74. The second-order valence-corrected chi connectivity index (χ2v) is 4.84. The molecule has 0 spiro atoms. The monoisotopic (exact) mass is 304 g/mol. The van der Waals surface area contributed by atoms with Gasteiger partial charge in [-0.15, -0.1) is 0 Å². The van der Waals surface area contributed by atoms with Crippen LogP contribution in [0.15, 0.2) is 24.3 Å². The lowest BCUT2D eigenvalue weighted by atomic mass is 10.2. The van der Waals surface area contributed by atoms with E-state index in [2.05, 4.69) is 4.74 Å². The van der Waals surface area contributed by atoms with Gasteiger partial charge >= 0.3 is 5.97 Å². The molecule has 0 fully saturated rings. The molecule has 0 aromatic heterocycles. The number of nitriles is 1. The third kappa shape index (κ3) is 5.44. The highest BCUT2D eigenvalue weighted by molar-refractivity contribution is 5.80. The number of carbonyl (C=O) groups is 2. The average Bonchev–Trinajstić information content (AvgIpc) is 2.53. The number of nitrogens with zero attached hydrogens (tertiary/aromatic N) is 2. The van der Waals surface area contributed by atoms with Gasteiger partial charge in [0.2, 0.25) is 0 Å². The number of benzene rings is 1. The summed E-state index contributed by atoms with van der Waals surface area (Å²) in [6.07, 6.45) is 0.135. The molecule has 118 valence electrons. The van der Waals surface area contributed by atoms with Crippen LogP contribution in [0.25, 0.3) is 0 Å². The highest BCUT2D eigenvalue weighted by atomic mass is 16.5. The number of rotatable bonds is 7. The summed E-state index contributed by atoms with van der Waals surface area (Å²) in [6.45, 7) is 2.10. The zero-order valence-corrected chi connectivity index (χ0v) is 13.0. The van der Waals surface area contributed by atoms with Crippen molar-refractivity contribution in [1.29, 1.82) is 5.26 Å². The van der Waals surface area contributed by atoms with Gasteiger partial charge in [-0.3, -0.25) is 9.59 Å². The molecule has 1 aromatic rings. The van der Waals surface area contributed by atoms with Crippen molar-refractivity contribution in [1.82, 2.24) is 4.90 Å². The van der Waals surface area contributed by atoms with E-state index in [0.29, 0.717) is 24.3 Å². The fourth-order valence-electron chi connectivity index (χ4n) is 1.88. The van der Waals surface area contributed by atoms with Crippen LogP contribution in [0.1, 0.15) is 25.3 Å². The van der Waals surface area contributed by atoms with Gasteiger partial charge in [0.1, 0.15) is 5.75 Å². The highest BCUT2D eigenvalue weighted by Crippen LogP contribution is 2.15. The number of carbonyl (C=O) groups excluding carboxylic acids is 2. The molecule has 0 heterocycles. The molecule has 0 unspecified atom stereocenters. The van der Waals surface area contributed by atoms with Gasteiger partial charge in [-0.1, -0.05) is 6.07 Å². The lowest BCUT2D eigenvalue weighted by Crippen LogP contribution is -2.38. The Morgan fingerprint density at radius 2 is 2.14 bits per heavy atom. The van der Waals surface area contributed by atoms with Crippen LogP contribution in [0.3, 0.4) is 0 Å². The molecule has 1 amide bonds. The summed E-state index contributed by atoms with van der Waals surface area (Å²) in [5, 5.41) is 8.84. The molecule has 1 aromatic carbocycles. The molecular weight excluding hydrogens is 284 g/mol. The Labute approximate surface area is 130 Å². The van der Waals surface area contributed by atoms with Gasteiger partial charge in [0.05, 0.1) is 18.7 Å². The fourth-order valence-corrected chi connectivity index (χ4v) is 1.88. The van der Waals surface area contributed by atoms with Crippen LogP contribution in [0.2, 0.25) is 0 Å². The fraction of sp³-hybridized carbons (Fsp3) is 0.438. The first-order valence-electron chi connectivity index (χ1n) is 6.96. The molecule has 0 aliphatic carbocycles. The lowest BCUT2D eigenvalue weighted by molar-refractivity contribution is -0.142. The Kier molecular flexibility index (Phi) is 6.90. The molecule has 22 heavy (non-hydrogen) atoms. The molecule has 1 atom stereocenters. The van der Waals surface area contributed by atoms with Crippen LogP contribution in [0.5, 0.6) is 5.75 Å². The molecule has 1 rings (SSSR count). The van der Waals surface area contributed by atoms with E-state index in [1.807, 2.05) is 6.07 Å². The van der Waals surface area contributed by atoms with Crippen molar-refractivity contribution in [3.63, 3.8) is 0 Å². The Morgan fingerprint density at radius 1 is 1.41 bits per heavy atom. The number of esters is 1. The van der Waals surface area contributed by atoms with Crippen LogP contribution in [0.4, 0.5) is 0 Å². The van der Waals surface area contributed by atoms with Crippen LogP contribution < -0.4 is 4.74 Å². The molecule has 6 heteroatoms. The zero-order chi connectivity index (χ0) is 16.5. The first-order chi connectivity index (χ1) is 10.5. The first-order valence-corrected chi connectivity index (χ1v) is 6.96. The van der Waals surface area contributed by atoms with Gasteiger partial charge in [-0.25, -0.2) is 0 Å². The molecule has 0 aliphatic rings. The van der Waals surface area contributed by atoms with Gasteiger partial charge < -0.3 is 14.4 Å². The van der Waals surface area contributed by atoms with E-state index < -0.39 is 6.10 Å². The molecule has 0 aliphatic heterocycles. The largest absolute Gasteiger partial charge is 0.481 e. The van der Waals surface area contributed by atoms with E-state index >= 15 is 0 Å². The second kappa shape index (κ2) is 8.67. The van der Waals surface area contributed by atoms with E-state index in [9.17, 15) is 9.59 Å². The van der Waals surface area contributed by atoms with Gasteiger partial charge in [-0.05, 0) is 31.5 Å². The first kappa shape index (κ1) is 17.5. The summed E-state index contributed by atoms with van der Waals surface area (Å²) in [5.41, 5.74) is 0.476. The summed E-state index contributed by atoms with van der Waals surface area (Å²) in [5.74, 6) is -0.00597. The SMILES string of the molecule is COC(=O)CCCN(C)C(=O)[C@H](C)Oc1cccc(C#N)c1. The second-order valence-electron chi connectivity index (χ2n) is 4.84. The minimum Gasteiger partial charge on any atom is -0.481 e. The van der Waals surface area contributed by atoms with Crippen molar-refractivity contribution >= 4 is 11.9 Å². The molecule has 0 N–H and O–H groups in total. The minimum absolute atomic E-state index is 0.188. The molecular formula is C16H20N2O4. The average molecular weight is 304 g/mol. The van der Waals surface area contributed by atoms with Crippen molar-refractivity contribution in [2.45, 2.75) is 25.9 Å². The van der Waals surface area contributed by atoms with E-state index in [1.165, 1.54) is 12.0 Å². The number of ether oxygens (including phenoxy) is 2. The normalized spacial score (nSPS) is 11.2. The van der Waals surface area contributed by atoms with Crippen LogP contribution >= 0.6 is 0 Å². The third-order valence-corrected chi connectivity index (χ3v) is 3.10. The Balaban J connectivity index is 2.50. The zero-order valence-electron chi connectivity index (χ0n) is 13.0. The number of amides is 1. The van der Waals surface area contributed by atoms with Crippen LogP contribution in [-0.2, 0) is 14.3 Å². The van der Waals surface area contributed by atoms with E-state index in [0.717, 1.165) is 0 Å². The molecule has 0 saturated heterocycles. The van der Waals surface area contributed by atoms with Gasteiger partial charge in [0.25, 0.3) is 5.91 Å². The van der Waals surface area contributed by atoms with Crippen molar-refractivity contribution in [2.24, 2.45) is 0 Å². The van der Waals surface area contributed by atoms with E-state index in [4.69, 9.17) is 10.00 Å². The summed E-state index contributed by atoms with van der Waals surface area (Å²) >= 11 is 0. The Hall–Kier alpha value is -2.55. The Bertz CT molecular complexity index is 566. The summed E-state index contributed by atoms with van der Waals surface area (Å²) < 4.78 is 10.1. The predicted molar refractivity (Wildman–Crippen MR) is 80.1 cm³/mol. The maximum atomic E-state index is 12.2. The van der Waals surface area contributed by atoms with E-state index in [-0.39, 0.29) is 18.3 Å². The number of hydrogen-bond donors (Lipinski definition) is 0. The molecule has 0 saturated carbocycles. The summed E-state index contributed by atoms with van der Waals surface area (Å²) in [4.78, 5) is 24.7. The van der Waals surface area contributed by atoms with Gasteiger partial charge in [-0.2, -0.15) is 5.26 Å². The number of methoxy groups -OCH3 is 1. The van der Waals surface area contributed by atoms with E-state index in [1.54, 1.807) is 38.2 Å². The lowest BCUT2D eigenvalue weighted by Gasteiger charge is -2.22. The van der Waals surface area contributed by atoms with Crippen LogP contribution in [0, 0.1) is 11.3 Å². The van der Waals surface area contributed by atoms with Crippen molar-refractivity contribution < 1.29 is 19.1 Å². The number of likely N-dealkylation sites (N-methyl/N-ethyl adjacent to an activating group) is 1. The van der Waals surface area contributed by atoms with Crippen LogP contribution in [-0.4, -0.2) is 43.6 Å². The minimum atomic E-state index is -0.669. The standard InChI is InChI=1S/C16H20N2O4/c1-12(22-14-7-4-6-13(10-14)11-17)16(20)18(2)9-5-8-15(19)21-3/h4,6-7,10,12H,5,8-9H2,1-3H3/t12-/m0/s1. The van der Waals surface area contributed by atoms with Crippen molar-refractivity contribution in [3.8, 4) is 11.8 Å². The van der Waals surface area contributed by atoms with Gasteiger partial charge in [0, 0.05) is 20.0 Å². The highest BCUT2D eigenvalue weighted by Gasteiger charge is 2.19. The topological polar surface area (TPSA) is 79.6 Å². The maximum Gasteiger partial charge on any atom is 0.305 e. The maximum absolute atomic E-state index is 12.2. The number of hydrogen-bond acceptors (Lipinski definition) is 5. The van der Waals surface area contributed by atoms with Crippen molar-refractivity contribution in [3.05, 3.63) is 29.8 Å². The Morgan fingerprint density at radius 3 is 2.77 bits per heavy atom. The molecule has 0 bridgehead atoms. The summed E-state index contributed by atoms with van der Waals surface area (Å²) in [7, 11) is 2.99. The summed E-state index contributed by atoms with van der Waals surface area (Å²) in [6, 6.07) is 8.66. The quantitative estimate of drug-likeness (QED) is 0.717.